The van der Waals surface area contributed by atoms with Crippen molar-refractivity contribution < 1.29 is 18.8 Å². The second-order valence-corrected chi connectivity index (χ2v) is 11.2. The quantitative estimate of drug-likeness (QED) is 0.109. The maximum absolute atomic E-state index is 13.0. The molecule has 2 atom stereocenters. The van der Waals surface area contributed by atoms with Crippen molar-refractivity contribution >= 4 is 5.97 Å². The first-order valence-electron chi connectivity index (χ1n) is 14.6. The average molecular weight is 511 g/mol. The minimum atomic E-state index is -0.137. The Morgan fingerprint density at radius 1 is 0.811 bits per heavy atom. The van der Waals surface area contributed by atoms with E-state index in [1.807, 2.05) is 12.1 Å². The smallest absolute Gasteiger partial charge is 0.314 e. The van der Waals surface area contributed by atoms with E-state index < -0.39 is 0 Å². The van der Waals surface area contributed by atoms with Gasteiger partial charge in [0.1, 0.15) is 30.9 Å². The van der Waals surface area contributed by atoms with Gasteiger partial charge >= 0.3 is 5.97 Å². The second kappa shape index (κ2) is 17.2. The van der Waals surface area contributed by atoms with Crippen molar-refractivity contribution in [1.29, 1.82) is 0 Å². The summed E-state index contributed by atoms with van der Waals surface area (Å²) >= 11 is 0. The first-order valence-corrected chi connectivity index (χ1v) is 14.6. The molecule has 0 aliphatic rings. The maximum atomic E-state index is 13.0. The number of quaternary nitrogens is 1. The highest BCUT2D eigenvalue weighted by Crippen LogP contribution is 2.20. The molecule has 206 valence electrons. The lowest BCUT2D eigenvalue weighted by molar-refractivity contribution is -0.906. The third-order valence-electron chi connectivity index (χ3n) is 7.13. The van der Waals surface area contributed by atoms with Crippen molar-refractivity contribution in [3.63, 3.8) is 0 Å². The number of hydrogen-bond acceptors (Lipinski definition) is 3. The molecule has 0 bridgehead atoms. The van der Waals surface area contributed by atoms with Crippen LogP contribution in [0.2, 0.25) is 0 Å². The summed E-state index contributed by atoms with van der Waals surface area (Å²) in [4.78, 5) is 13.0. The molecule has 0 heterocycles. The minimum absolute atomic E-state index is 0.114. The summed E-state index contributed by atoms with van der Waals surface area (Å²) in [6, 6.07) is 18.9. The number of carbonyl (C=O) groups is 1. The number of rotatable bonds is 19. The zero-order valence-corrected chi connectivity index (χ0v) is 24.2. The Balaban J connectivity index is 1.80. The van der Waals surface area contributed by atoms with Crippen LogP contribution in [0.15, 0.2) is 54.6 Å². The molecule has 0 aliphatic carbocycles. The summed E-state index contributed by atoms with van der Waals surface area (Å²) in [5, 5.41) is 0. The van der Waals surface area contributed by atoms with Gasteiger partial charge in [0.2, 0.25) is 0 Å². The highest BCUT2D eigenvalue weighted by atomic mass is 16.6. The molecule has 4 nitrogen and oxygen atoms in total. The van der Waals surface area contributed by atoms with E-state index in [0.29, 0.717) is 6.61 Å². The van der Waals surface area contributed by atoms with E-state index in [1.165, 1.54) is 56.1 Å². The van der Waals surface area contributed by atoms with Gasteiger partial charge in [0.25, 0.3) is 0 Å². The molecule has 0 amide bonds. The Morgan fingerprint density at radius 3 is 2.16 bits per heavy atom. The van der Waals surface area contributed by atoms with E-state index in [2.05, 4.69) is 77.3 Å². The van der Waals surface area contributed by atoms with Crippen LogP contribution in [-0.2, 0) is 22.5 Å². The molecule has 2 aromatic carbocycles. The van der Waals surface area contributed by atoms with E-state index in [9.17, 15) is 4.79 Å². The fourth-order valence-corrected chi connectivity index (χ4v) is 4.89. The monoisotopic (exact) mass is 510 g/mol. The van der Waals surface area contributed by atoms with Gasteiger partial charge in [-0.2, -0.15) is 0 Å². The maximum Gasteiger partial charge on any atom is 0.314 e. The lowest BCUT2D eigenvalue weighted by atomic mass is 10.0. The van der Waals surface area contributed by atoms with Gasteiger partial charge in [0.05, 0.1) is 20.6 Å². The number of benzene rings is 2. The van der Waals surface area contributed by atoms with E-state index in [1.54, 1.807) is 0 Å². The SMILES string of the molecule is CCCCCCCCCc1cccc(OC(CC)COC(=O)C(CC)C[N+](C)(C)Cc2ccccc2)c1. The van der Waals surface area contributed by atoms with Crippen LogP contribution in [0.4, 0.5) is 0 Å². The zero-order chi connectivity index (χ0) is 26.9. The van der Waals surface area contributed by atoms with Crippen molar-refractivity contribution in [2.45, 2.75) is 97.6 Å². The molecular formula is C33H52NO3+. The Hall–Kier alpha value is -2.33. The van der Waals surface area contributed by atoms with Gasteiger partial charge < -0.3 is 14.0 Å². The number of hydrogen-bond donors (Lipinski definition) is 0. The molecule has 2 unspecified atom stereocenters. The summed E-state index contributed by atoms with van der Waals surface area (Å²) in [6.45, 7) is 8.35. The van der Waals surface area contributed by atoms with Crippen LogP contribution in [0, 0.1) is 5.92 Å². The molecule has 2 aromatic rings. The van der Waals surface area contributed by atoms with Crippen molar-refractivity contribution in [3.8, 4) is 5.75 Å². The van der Waals surface area contributed by atoms with Crippen molar-refractivity contribution in [1.82, 2.24) is 0 Å². The summed E-state index contributed by atoms with van der Waals surface area (Å²) in [6.07, 6.45) is 11.8. The Labute approximate surface area is 227 Å². The topological polar surface area (TPSA) is 35.5 Å². The Kier molecular flexibility index (Phi) is 14.4. The van der Waals surface area contributed by atoms with Gasteiger partial charge in [0.15, 0.2) is 0 Å². The minimum Gasteiger partial charge on any atom is -0.487 e. The number of esters is 1. The number of aryl methyl sites for hydroxylation is 1. The third kappa shape index (κ3) is 12.6. The van der Waals surface area contributed by atoms with Crippen LogP contribution in [0.1, 0.15) is 89.7 Å². The van der Waals surface area contributed by atoms with Crippen LogP contribution in [0.5, 0.6) is 5.75 Å². The van der Waals surface area contributed by atoms with Gasteiger partial charge in [-0.25, -0.2) is 0 Å². The molecule has 4 heteroatoms. The van der Waals surface area contributed by atoms with Crippen LogP contribution in [-0.4, -0.2) is 43.8 Å². The highest BCUT2D eigenvalue weighted by Gasteiger charge is 2.28. The molecule has 2 rings (SSSR count). The summed E-state index contributed by atoms with van der Waals surface area (Å²) < 4.78 is 12.8. The standard InChI is InChI=1S/C33H52NO3/c1-6-9-10-11-12-13-15-19-28-22-18-23-32(24-28)37-31(8-3)27-36-33(35)30(7-2)26-34(4,5)25-29-20-16-14-17-21-29/h14,16-18,20-24,30-31H,6-13,15,19,25-27H2,1-5H3/q+1. The van der Waals surface area contributed by atoms with Gasteiger partial charge in [-0.15, -0.1) is 0 Å². The largest absolute Gasteiger partial charge is 0.487 e. The van der Waals surface area contributed by atoms with Gasteiger partial charge in [-0.1, -0.05) is 102 Å². The van der Waals surface area contributed by atoms with Crippen LogP contribution in [0.25, 0.3) is 0 Å². The molecule has 0 fully saturated rings. The predicted molar refractivity (Wildman–Crippen MR) is 155 cm³/mol. The molecule has 37 heavy (non-hydrogen) atoms. The first-order chi connectivity index (χ1) is 17.9. The molecule has 0 saturated heterocycles. The van der Waals surface area contributed by atoms with Crippen molar-refractivity contribution in [2.75, 3.05) is 27.2 Å². The summed E-state index contributed by atoms with van der Waals surface area (Å²) in [5.74, 6) is 0.633. The fraction of sp³-hybridized carbons (Fsp3) is 0.606. The lowest BCUT2D eigenvalue weighted by Gasteiger charge is -2.32. The Morgan fingerprint density at radius 2 is 1.49 bits per heavy atom. The summed E-state index contributed by atoms with van der Waals surface area (Å²) in [5.41, 5.74) is 2.60. The molecule has 0 aromatic heterocycles. The third-order valence-corrected chi connectivity index (χ3v) is 7.13. The number of ether oxygens (including phenoxy) is 2. The van der Waals surface area contributed by atoms with Gasteiger partial charge in [-0.3, -0.25) is 4.79 Å². The van der Waals surface area contributed by atoms with E-state index in [0.717, 1.165) is 42.6 Å². The van der Waals surface area contributed by atoms with Crippen LogP contribution < -0.4 is 4.74 Å². The normalized spacial score (nSPS) is 13.2. The van der Waals surface area contributed by atoms with Gasteiger partial charge in [0, 0.05) is 5.56 Å². The van der Waals surface area contributed by atoms with E-state index in [4.69, 9.17) is 9.47 Å². The fourth-order valence-electron chi connectivity index (χ4n) is 4.89. The van der Waals surface area contributed by atoms with Crippen LogP contribution in [0.3, 0.4) is 0 Å². The molecule has 0 aliphatic heterocycles. The van der Waals surface area contributed by atoms with Crippen LogP contribution >= 0.6 is 0 Å². The highest BCUT2D eigenvalue weighted by molar-refractivity contribution is 5.72. The summed E-state index contributed by atoms with van der Waals surface area (Å²) in [7, 11) is 4.36. The zero-order valence-electron chi connectivity index (χ0n) is 24.2. The number of carbonyl (C=O) groups excluding carboxylic acids is 1. The van der Waals surface area contributed by atoms with E-state index in [-0.39, 0.29) is 18.0 Å². The molecule has 0 spiro atoms. The number of nitrogens with zero attached hydrogens (tertiary/aromatic N) is 1. The van der Waals surface area contributed by atoms with Crippen molar-refractivity contribution in [2.24, 2.45) is 5.92 Å². The van der Waals surface area contributed by atoms with Gasteiger partial charge in [-0.05, 0) is 43.4 Å². The second-order valence-electron chi connectivity index (χ2n) is 11.2. The lowest BCUT2D eigenvalue weighted by Crippen LogP contribution is -2.45. The average Bonchev–Trinajstić information content (AvgIpc) is 2.89. The van der Waals surface area contributed by atoms with Crippen molar-refractivity contribution in [3.05, 3.63) is 65.7 Å². The Bertz CT molecular complexity index is 880. The molecule has 0 saturated carbocycles. The molecular weight excluding hydrogens is 458 g/mol. The first kappa shape index (κ1) is 30.9. The number of unbranched alkanes of at least 4 members (excludes halogenated alkanes) is 6. The predicted octanol–water partition coefficient (Wildman–Crippen LogP) is 7.98. The molecule has 0 radical (unpaired) electrons. The van der Waals surface area contributed by atoms with E-state index >= 15 is 0 Å². The molecule has 0 N–H and O–H groups in total.